The van der Waals surface area contributed by atoms with Crippen molar-refractivity contribution in [3.63, 3.8) is 0 Å². The summed E-state index contributed by atoms with van der Waals surface area (Å²) in [5.41, 5.74) is 1.89. The van der Waals surface area contributed by atoms with Crippen LogP contribution in [0, 0.1) is 0 Å². The molecular formula is C14H20ClN3S. The molecule has 0 aliphatic carbocycles. The van der Waals surface area contributed by atoms with Crippen molar-refractivity contribution in [2.75, 3.05) is 12.0 Å². The molecule has 0 saturated carbocycles. The molecule has 2 heterocycles. The topological polar surface area (TPSA) is 30.7 Å². The van der Waals surface area contributed by atoms with Gasteiger partial charge in [0.1, 0.15) is 11.3 Å². The second-order valence-electron chi connectivity index (χ2n) is 4.64. The lowest BCUT2D eigenvalue weighted by Gasteiger charge is -2.09. The van der Waals surface area contributed by atoms with E-state index in [1.807, 2.05) is 37.0 Å². The Morgan fingerprint density at radius 1 is 1.37 bits per heavy atom. The molecule has 0 spiro atoms. The molecule has 3 nitrogen and oxygen atoms in total. The standard InChI is InChI=1S/C14H20ClN3S/c1-11(15)13-17-12-7-6-8-16-14(12)18(13)9-4-3-5-10-19-2/h6-8,11H,3-5,9-10H2,1-2H3. The average Bonchev–Trinajstić information content (AvgIpc) is 2.78. The van der Waals surface area contributed by atoms with E-state index in [1.165, 1.54) is 18.6 Å². The van der Waals surface area contributed by atoms with Crippen LogP contribution in [0.4, 0.5) is 0 Å². The van der Waals surface area contributed by atoms with Gasteiger partial charge in [0.2, 0.25) is 0 Å². The van der Waals surface area contributed by atoms with Gasteiger partial charge in [0, 0.05) is 12.7 Å². The summed E-state index contributed by atoms with van der Waals surface area (Å²) in [6.07, 6.45) is 7.63. The Morgan fingerprint density at radius 2 is 2.21 bits per heavy atom. The predicted molar refractivity (Wildman–Crippen MR) is 84.0 cm³/mol. The number of unbranched alkanes of at least 4 members (excludes halogenated alkanes) is 2. The van der Waals surface area contributed by atoms with Gasteiger partial charge in [0.25, 0.3) is 0 Å². The smallest absolute Gasteiger partial charge is 0.160 e. The molecule has 2 rings (SSSR count). The fourth-order valence-electron chi connectivity index (χ4n) is 2.19. The van der Waals surface area contributed by atoms with E-state index in [4.69, 9.17) is 11.6 Å². The average molecular weight is 298 g/mol. The predicted octanol–water partition coefficient (Wildman–Crippen LogP) is 4.26. The van der Waals surface area contributed by atoms with Gasteiger partial charge in [-0.3, -0.25) is 0 Å². The van der Waals surface area contributed by atoms with Gasteiger partial charge in [-0.15, -0.1) is 11.6 Å². The van der Waals surface area contributed by atoms with Gasteiger partial charge in [-0.2, -0.15) is 11.8 Å². The Hall–Kier alpha value is -0.740. The van der Waals surface area contributed by atoms with Gasteiger partial charge in [-0.25, -0.2) is 9.97 Å². The summed E-state index contributed by atoms with van der Waals surface area (Å²) in [7, 11) is 0. The van der Waals surface area contributed by atoms with Crippen LogP contribution in [-0.4, -0.2) is 26.5 Å². The lowest BCUT2D eigenvalue weighted by molar-refractivity contribution is 0.590. The molecule has 0 aliphatic heterocycles. The molecule has 0 aromatic carbocycles. The fraction of sp³-hybridized carbons (Fsp3) is 0.571. The second-order valence-corrected chi connectivity index (χ2v) is 6.28. The van der Waals surface area contributed by atoms with Gasteiger partial charge in [-0.1, -0.05) is 6.42 Å². The van der Waals surface area contributed by atoms with E-state index in [9.17, 15) is 0 Å². The summed E-state index contributed by atoms with van der Waals surface area (Å²) in [6, 6.07) is 3.91. The fourth-order valence-corrected chi connectivity index (χ4v) is 2.85. The van der Waals surface area contributed by atoms with Crippen LogP contribution in [0.3, 0.4) is 0 Å². The van der Waals surface area contributed by atoms with E-state index in [0.29, 0.717) is 0 Å². The minimum absolute atomic E-state index is 0.0830. The maximum absolute atomic E-state index is 6.23. The van der Waals surface area contributed by atoms with Crippen LogP contribution in [0.25, 0.3) is 11.2 Å². The SMILES string of the molecule is CSCCCCCn1c(C(C)Cl)nc2cccnc21. The number of aryl methyl sites for hydroxylation is 1. The van der Waals surface area contributed by atoms with Gasteiger partial charge >= 0.3 is 0 Å². The lowest BCUT2D eigenvalue weighted by atomic mass is 10.2. The maximum Gasteiger partial charge on any atom is 0.160 e. The zero-order valence-electron chi connectivity index (χ0n) is 11.5. The van der Waals surface area contributed by atoms with Crippen LogP contribution in [0.1, 0.15) is 37.4 Å². The highest BCUT2D eigenvalue weighted by Crippen LogP contribution is 2.23. The normalized spacial score (nSPS) is 13.0. The van der Waals surface area contributed by atoms with Crippen molar-refractivity contribution in [2.45, 2.75) is 38.1 Å². The zero-order valence-corrected chi connectivity index (χ0v) is 13.0. The van der Waals surface area contributed by atoms with E-state index < -0.39 is 0 Å². The third-order valence-electron chi connectivity index (χ3n) is 3.12. The van der Waals surface area contributed by atoms with Crippen molar-refractivity contribution in [1.82, 2.24) is 14.5 Å². The third kappa shape index (κ3) is 3.63. The van der Waals surface area contributed by atoms with E-state index >= 15 is 0 Å². The quantitative estimate of drug-likeness (QED) is 0.565. The van der Waals surface area contributed by atoms with Crippen molar-refractivity contribution in [3.8, 4) is 0 Å². The van der Waals surface area contributed by atoms with Crippen LogP contribution in [-0.2, 0) is 6.54 Å². The zero-order chi connectivity index (χ0) is 13.7. The first kappa shape index (κ1) is 14.7. The number of halogens is 1. The van der Waals surface area contributed by atoms with Crippen molar-refractivity contribution >= 4 is 34.5 Å². The Bertz CT molecular complexity index is 524. The van der Waals surface area contributed by atoms with E-state index in [0.717, 1.165) is 30.0 Å². The molecular weight excluding hydrogens is 278 g/mol. The molecule has 2 aromatic heterocycles. The van der Waals surface area contributed by atoms with Crippen LogP contribution >= 0.6 is 23.4 Å². The van der Waals surface area contributed by atoms with Crippen LogP contribution in [0.15, 0.2) is 18.3 Å². The van der Waals surface area contributed by atoms with Gasteiger partial charge in [0.15, 0.2) is 5.65 Å². The highest BCUT2D eigenvalue weighted by atomic mass is 35.5. The van der Waals surface area contributed by atoms with E-state index in [2.05, 4.69) is 20.8 Å². The minimum Gasteiger partial charge on any atom is -0.311 e. The highest BCUT2D eigenvalue weighted by Gasteiger charge is 2.14. The van der Waals surface area contributed by atoms with Gasteiger partial charge in [-0.05, 0) is 43.9 Å². The Morgan fingerprint density at radius 3 is 2.95 bits per heavy atom. The summed E-state index contributed by atoms with van der Waals surface area (Å²) in [5, 5.41) is -0.0830. The molecule has 0 radical (unpaired) electrons. The van der Waals surface area contributed by atoms with E-state index in [1.54, 1.807) is 0 Å². The van der Waals surface area contributed by atoms with Crippen LogP contribution in [0.5, 0.6) is 0 Å². The monoisotopic (exact) mass is 297 g/mol. The van der Waals surface area contributed by atoms with Crippen LogP contribution in [0.2, 0.25) is 0 Å². The van der Waals surface area contributed by atoms with Gasteiger partial charge < -0.3 is 4.57 Å². The first-order valence-corrected chi connectivity index (χ1v) is 8.51. The summed E-state index contributed by atoms with van der Waals surface area (Å²) >= 11 is 8.14. The molecule has 0 amide bonds. The molecule has 0 saturated heterocycles. The molecule has 0 fully saturated rings. The number of imidazole rings is 1. The molecule has 0 N–H and O–H groups in total. The number of hydrogen-bond acceptors (Lipinski definition) is 3. The number of rotatable bonds is 7. The summed E-state index contributed by atoms with van der Waals surface area (Å²) in [6.45, 7) is 2.92. The molecule has 104 valence electrons. The number of thioether (sulfide) groups is 1. The first-order valence-electron chi connectivity index (χ1n) is 6.68. The van der Waals surface area contributed by atoms with Crippen molar-refractivity contribution in [3.05, 3.63) is 24.2 Å². The molecule has 5 heteroatoms. The van der Waals surface area contributed by atoms with Crippen molar-refractivity contribution in [2.24, 2.45) is 0 Å². The first-order chi connectivity index (χ1) is 9.24. The number of aromatic nitrogens is 3. The largest absolute Gasteiger partial charge is 0.311 e. The summed E-state index contributed by atoms with van der Waals surface area (Å²) in [5.74, 6) is 2.17. The number of alkyl halides is 1. The van der Waals surface area contributed by atoms with Crippen LogP contribution < -0.4 is 0 Å². The summed E-state index contributed by atoms with van der Waals surface area (Å²) in [4.78, 5) is 9.03. The Balaban J connectivity index is 2.13. The Labute approximate surface area is 123 Å². The van der Waals surface area contributed by atoms with Gasteiger partial charge in [0.05, 0.1) is 5.38 Å². The third-order valence-corrected chi connectivity index (χ3v) is 4.01. The maximum atomic E-state index is 6.23. The number of nitrogens with zero attached hydrogens (tertiary/aromatic N) is 3. The summed E-state index contributed by atoms with van der Waals surface area (Å²) < 4.78 is 2.17. The van der Waals surface area contributed by atoms with Crippen molar-refractivity contribution in [1.29, 1.82) is 0 Å². The lowest BCUT2D eigenvalue weighted by Crippen LogP contribution is -2.05. The number of fused-ring (bicyclic) bond motifs is 1. The second kappa shape index (κ2) is 7.15. The number of pyridine rings is 1. The molecule has 1 unspecified atom stereocenters. The highest BCUT2D eigenvalue weighted by molar-refractivity contribution is 7.98. The molecule has 19 heavy (non-hydrogen) atoms. The molecule has 0 bridgehead atoms. The number of hydrogen-bond donors (Lipinski definition) is 0. The van der Waals surface area contributed by atoms with E-state index in [-0.39, 0.29) is 5.38 Å². The minimum atomic E-state index is -0.0830. The molecule has 1 atom stereocenters. The Kier molecular flexibility index (Phi) is 5.52. The van der Waals surface area contributed by atoms with Crippen molar-refractivity contribution < 1.29 is 0 Å². The molecule has 2 aromatic rings. The molecule has 0 aliphatic rings.